The number of aliphatic hydroxyl groups is 1. The predicted molar refractivity (Wildman–Crippen MR) is 60.4 cm³/mol. The maximum absolute atomic E-state index is 10.7. The molecule has 0 aliphatic heterocycles. The van der Waals surface area contributed by atoms with Gasteiger partial charge in [0.25, 0.3) is 0 Å². The van der Waals surface area contributed by atoms with Crippen LogP contribution in [-0.2, 0) is 0 Å². The summed E-state index contributed by atoms with van der Waals surface area (Å²) in [5, 5.41) is 17.8. The molecule has 0 aliphatic rings. The van der Waals surface area contributed by atoms with Crippen LogP contribution in [0.3, 0.4) is 0 Å². The molecule has 0 spiro atoms. The zero-order chi connectivity index (χ0) is 11.3. The lowest BCUT2D eigenvalue weighted by Crippen LogP contribution is -2.00. The first-order valence-corrected chi connectivity index (χ1v) is 5.62. The van der Waals surface area contributed by atoms with Crippen molar-refractivity contribution in [2.24, 2.45) is 0 Å². The summed E-state index contributed by atoms with van der Waals surface area (Å²) in [5.74, 6) is -0.910. The fourth-order valence-corrected chi connectivity index (χ4v) is 2.22. The Balaban J connectivity index is 2.69. The molecule has 0 aromatic heterocycles. The van der Waals surface area contributed by atoms with Crippen LogP contribution in [-0.4, -0.2) is 28.0 Å². The van der Waals surface area contributed by atoms with Crippen molar-refractivity contribution in [1.82, 2.24) is 0 Å². The van der Waals surface area contributed by atoms with Crippen LogP contribution < -0.4 is 0 Å². The van der Waals surface area contributed by atoms with Gasteiger partial charge in [0, 0.05) is 16.8 Å². The minimum atomic E-state index is -0.910. The smallest absolute Gasteiger partial charge is 0.335 e. The minimum Gasteiger partial charge on any atom is -0.478 e. The Bertz CT molecular complexity index is 338. The van der Waals surface area contributed by atoms with Crippen LogP contribution in [0.2, 0.25) is 0 Å². The molecule has 82 valence electrons. The number of benzene rings is 1. The highest BCUT2D eigenvalue weighted by atomic mass is 32.2. The molecule has 0 radical (unpaired) electrons. The number of carboxylic acids is 1. The van der Waals surface area contributed by atoms with Gasteiger partial charge in [0.2, 0.25) is 0 Å². The Morgan fingerprint density at radius 3 is 2.87 bits per heavy atom. The standard InChI is InChI=1S/C11H14O3S/c1-8(5-6-12)15-10-4-2-3-9(7-10)11(13)14/h2-4,7-8,12H,5-6H2,1H3,(H,13,14). The van der Waals surface area contributed by atoms with E-state index in [1.165, 1.54) is 0 Å². The summed E-state index contributed by atoms with van der Waals surface area (Å²) in [6.07, 6.45) is 0.710. The van der Waals surface area contributed by atoms with Gasteiger partial charge in [-0.2, -0.15) is 0 Å². The molecule has 0 fully saturated rings. The van der Waals surface area contributed by atoms with Crippen molar-refractivity contribution in [2.75, 3.05) is 6.61 Å². The van der Waals surface area contributed by atoms with Gasteiger partial charge in [-0.25, -0.2) is 4.79 Å². The van der Waals surface area contributed by atoms with Gasteiger partial charge in [0.05, 0.1) is 5.56 Å². The molecule has 1 unspecified atom stereocenters. The molecule has 0 amide bonds. The van der Waals surface area contributed by atoms with Crippen molar-refractivity contribution in [2.45, 2.75) is 23.5 Å². The lowest BCUT2D eigenvalue weighted by molar-refractivity contribution is 0.0696. The zero-order valence-corrected chi connectivity index (χ0v) is 9.33. The minimum absolute atomic E-state index is 0.160. The lowest BCUT2D eigenvalue weighted by atomic mass is 10.2. The number of carboxylic acid groups (broad SMARTS) is 1. The normalized spacial score (nSPS) is 12.4. The molecule has 1 aromatic carbocycles. The Morgan fingerprint density at radius 1 is 1.53 bits per heavy atom. The quantitative estimate of drug-likeness (QED) is 0.756. The van der Waals surface area contributed by atoms with Crippen LogP contribution in [0.5, 0.6) is 0 Å². The molecule has 0 aliphatic carbocycles. The zero-order valence-electron chi connectivity index (χ0n) is 8.51. The van der Waals surface area contributed by atoms with E-state index >= 15 is 0 Å². The maximum Gasteiger partial charge on any atom is 0.335 e. The molecule has 3 nitrogen and oxygen atoms in total. The number of thioether (sulfide) groups is 1. The van der Waals surface area contributed by atoms with Crippen LogP contribution in [0, 0.1) is 0 Å². The van der Waals surface area contributed by atoms with Gasteiger partial charge in [-0.1, -0.05) is 13.0 Å². The Kier molecular flexibility index (Phi) is 4.65. The molecule has 1 atom stereocenters. The second-order valence-electron chi connectivity index (χ2n) is 3.27. The Hall–Kier alpha value is -1.00. The van der Waals surface area contributed by atoms with E-state index in [2.05, 4.69) is 0 Å². The summed E-state index contributed by atoms with van der Waals surface area (Å²) in [6, 6.07) is 6.84. The molecule has 1 aromatic rings. The van der Waals surface area contributed by atoms with Gasteiger partial charge in [0.1, 0.15) is 0 Å². The molecule has 0 heterocycles. The third kappa shape index (κ3) is 3.93. The highest BCUT2D eigenvalue weighted by Gasteiger charge is 2.06. The van der Waals surface area contributed by atoms with Gasteiger partial charge in [0.15, 0.2) is 0 Å². The molecule has 0 bridgehead atoms. The Morgan fingerprint density at radius 2 is 2.27 bits per heavy atom. The molecule has 15 heavy (non-hydrogen) atoms. The average molecular weight is 226 g/mol. The van der Waals surface area contributed by atoms with E-state index in [4.69, 9.17) is 10.2 Å². The summed E-state index contributed by atoms with van der Waals surface area (Å²) in [5.41, 5.74) is 0.302. The van der Waals surface area contributed by atoms with Gasteiger partial charge >= 0.3 is 5.97 Å². The monoisotopic (exact) mass is 226 g/mol. The van der Waals surface area contributed by atoms with Crippen molar-refractivity contribution in [3.8, 4) is 0 Å². The van der Waals surface area contributed by atoms with E-state index < -0.39 is 5.97 Å². The molecular formula is C11H14O3S. The van der Waals surface area contributed by atoms with Crippen molar-refractivity contribution in [3.63, 3.8) is 0 Å². The van der Waals surface area contributed by atoms with Crippen LogP contribution in [0.4, 0.5) is 0 Å². The van der Waals surface area contributed by atoms with Gasteiger partial charge < -0.3 is 10.2 Å². The van der Waals surface area contributed by atoms with E-state index in [9.17, 15) is 4.79 Å². The second-order valence-corrected chi connectivity index (χ2v) is 4.79. The maximum atomic E-state index is 10.7. The number of aromatic carboxylic acids is 1. The molecule has 0 saturated heterocycles. The van der Waals surface area contributed by atoms with Crippen LogP contribution in [0.25, 0.3) is 0 Å². The summed E-state index contributed by atoms with van der Waals surface area (Å²) in [6.45, 7) is 2.17. The van der Waals surface area contributed by atoms with Crippen LogP contribution in [0.15, 0.2) is 29.2 Å². The van der Waals surface area contributed by atoms with E-state index in [-0.39, 0.29) is 6.61 Å². The number of aliphatic hydroxyl groups excluding tert-OH is 1. The molecule has 2 N–H and O–H groups in total. The van der Waals surface area contributed by atoms with Crippen molar-refractivity contribution < 1.29 is 15.0 Å². The largest absolute Gasteiger partial charge is 0.478 e. The first-order valence-electron chi connectivity index (χ1n) is 4.74. The van der Waals surface area contributed by atoms with E-state index in [0.717, 1.165) is 4.90 Å². The fourth-order valence-electron chi connectivity index (χ4n) is 1.18. The van der Waals surface area contributed by atoms with Gasteiger partial charge in [-0.15, -0.1) is 11.8 Å². The second kappa shape index (κ2) is 5.78. The highest BCUT2D eigenvalue weighted by Crippen LogP contribution is 2.25. The topological polar surface area (TPSA) is 57.5 Å². The number of hydrogen-bond donors (Lipinski definition) is 2. The summed E-state index contributed by atoms with van der Waals surface area (Å²) >= 11 is 1.58. The SMILES string of the molecule is CC(CCO)Sc1cccc(C(=O)O)c1. The lowest BCUT2D eigenvalue weighted by Gasteiger charge is -2.09. The van der Waals surface area contributed by atoms with Gasteiger partial charge in [-0.05, 0) is 24.6 Å². The summed E-state index contributed by atoms with van der Waals surface area (Å²) < 4.78 is 0. The number of rotatable bonds is 5. The fraction of sp³-hybridized carbons (Fsp3) is 0.364. The number of carbonyl (C=O) groups is 1. The van der Waals surface area contributed by atoms with Gasteiger partial charge in [-0.3, -0.25) is 0 Å². The third-order valence-electron chi connectivity index (χ3n) is 1.95. The first-order chi connectivity index (χ1) is 7.13. The Labute approximate surface area is 93.1 Å². The first kappa shape index (κ1) is 12.1. The van der Waals surface area contributed by atoms with E-state index in [1.807, 2.05) is 13.0 Å². The average Bonchev–Trinajstić information content (AvgIpc) is 2.18. The highest BCUT2D eigenvalue weighted by molar-refractivity contribution is 7.99. The van der Waals surface area contributed by atoms with Crippen molar-refractivity contribution in [3.05, 3.63) is 29.8 Å². The summed E-state index contributed by atoms with van der Waals surface area (Å²) in [7, 11) is 0. The molecule has 1 rings (SSSR count). The van der Waals surface area contributed by atoms with Crippen molar-refractivity contribution in [1.29, 1.82) is 0 Å². The third-order valence-corrected chi connectivity index (χ3v) is 3.12. The number of hydrogen-bond acceptors (Lipinski definition) is 3. The van der Waals surface area contributed by atoms with E-state index in [0.29, 0.717) is 17.2 Å². The van der Waals surface area contributed by atoms with E-state index in [1.54, 1.807) is 30.0 Å². The van der Waals surface area contributed by atoms with Crippen molar-refractivity contribution >= 4 is 17.7 Å². The van der Waals surface area contributed by atoms with Crippen LogP contribution >= 0.6 is 11.8 Å². The molecular weight excluding hydrogens is 212 g/mol. The predicted octanol–water partition coefficient (Wildman–Crippen LogP) is 2.25. The molecule has 0 saturated carbocycles. The van der Waals surface area contributed by atoms with Crippen LogP contribution in [0.1, 0.15) is 23.7 Å². The molecule has 4 heteroatoms. The summed E-state index contributed by atoms with van der Waals surface area (Å²) in [4.78, 5) is 11.6.